The Morgan fingerprint density at radius 2 is 1.61 bits per heavy atom. The summed E-state index contributed by atoms with van der Waals surface area (Å²) in [5, 5.41) is 3.20. The number of halogens is 4. The molecule has 0 saturated carbocycles. The predicted molar refractivity (Wildman–Crippen MR) is 99.3 cm³/mol. The number of amides is 2. The zero-order chi connectivity index (χ0) is 20.3. The van der Waals surface area contributed by atoms with Gasteiger partial charge in [0.05, 0.1) is 11.1 Å². The van der Waals surface area contributed by atoms with Crippen molar-refractivity contribution >= 4 is 23.4 Å². The highest BCUT2D eigenvalue weighted by atomic mass is 35.5. The van der Waals surface area contributed by atoms with Gasteiger partial charge in [-0.2, -0.15) is 13.2 Å². The number of carbonyl (C=O) groups excluding carboxylic acids is 2. The summed E-state index contributed by atoms with van der Waals surface area (Å²) in [6, 6.07) is 11.0. The minimum atomic E-state index is -4.59. The molecule has 0 aliphatic carbocycles. The van der Waals surface area contributed by atoms with Gasteiger partial charge in [-0.15, -0.1) is 0 Å². The third-order valence-electron chi connectivity index (χ3n) is 4.69. The van der Waals surface area contributed by atoms with Crippen molar-refractivity contribution in [2.45, 2.75) is 25.1 Å². The van der Waals surface area contributed by atoms with Gasteiger partial charge in [-0.25, -0.2) is 0 Å². The Morgan fingerprint density at radius 3 is 2.21 bits per heavy atom. The number of benzene rings is 2. The molecular weight excluding hydrogens is 393 g/mol. The Labute approximate surface area is 165 Å². The average molecular weight is 411 g/mol. The third-order valence-corrected chi connectivity index (χ3v) is 4.94. The van der Waals surface area contributed by atoms with Crippen molar-refractivity contribution in [1.82, 2.24) is 10.2 Å². The average Bonchev–Trinajstić information content (AvgIpc) is 2.68. The number of piperidine rings is 1. The molecule has 1 heterocycles. The van der Waals surface area contributed by atoms with E-state index < -0.39 is 23.2 Å². The lowest BCUT2D eigenvalue weighted by molar-refractivity contribution is -0.137. The number of rotatable bonds is 3. The maximum Gasteiger partial charge on any atom is 0.417 e. The highest BCUT2D eigenvalue weighted by Crippen LogP contribution is 2.32. The Morgan fingerprint density at radius 1 is 1.00 bits per heavy atom. The topological polar surface area (TPSA) is 49.4 Å². The van der Waals surface area contributed by atoms with Gasteiger partial charge in [0, 0.05) is 29.7 Å². The van der Waals surface area contributed by atoms with Gasteiger partial charge >= 0.3 is 6.18 Å². The summed E-state index contributed by atoms with van der Waals surface area (Å²) in [5.41, 5.74) is -0.830. The van der Waals surface area contributed by atoms with Crippen LogP contribution in [0.3, 0.4) is 0 Å². The number of nitrogens with zero attached hydrogens (tertiary/aromatic N) is 1. The maximum atomic E-state index is 13.1. The van der Waals surface area contributed by atoms with E-state index in [1.807, 2.05) is 0 Å². The van der Waals surface area contributed by atoms with Gasteiger partial charge in [0.15, 0.2) is 0 Å². The van der Waals surface area contributed by atoms with E-state index in [1.165, 1.54) is 12.1 Å². The monoisotopic (exact) mass is 410 g/mol. The number of hydrogen-bond donors (Lipinski definition) is 1. The minimum Gasteiger partial charge on any atom is -0.349 e. The SMILES string of the molecule is O=C(NC1CCN(C(=O)c2ccc(Cl)cc2)CC1)c1ccccc1C(F)(F)F. The van der Waals surface area contributed by atoms with E-state index in [1.54, 1.807) is 29.2 Å². The summed E-state index contributed by atoms with van der Waals surface area (Å²) < 4.78 is 39.2. The van der Waals surface area contributed by atoms with Crippen LogP contribution in [0.4, 0.5) is 13.2 Å². The zero-order valence-electron chi connectivity index (χ0n) is 14.8. The molecule has 1 aliphatic heterocycles. The number of nitrogens with one attached hydrogen (secondary N) is 1. The van der Waals surface area contributed by atoms with E-state index in [2.05, 4.69) is 5.32 Å². The highest BCUT2D eigenvalue weighted by molar-refractivity contribution is 6.30. The molecule has 1 N–H and O–H groups in total. The second kappa shape index (κ2) is 8.22. The molecule has 4 nitrogen and oxygen atoms in total. The van der Waals surface area contributed by atoms with E-state index in [4.69, 9.17) is 11.6 Å². The first-order valence-electron chi connectivity index (χ1n) is 8.77. The molecule has 0 spiro atoms. The summed E-state index contributed by atoms with van der Waals surface area (Å²) in [5.74, 6) is -0.890. The van der Waals surface area contributed by atoms with Crippen molar-refractivity contribution in [3.8, 4) is 0 Å². The van der Waals surface area contributed by atoms with Gasteiger partial charge in [-0.05, 0) is 49.2 Å². The lowest BCUT2D eigenvalue weighted by Crippen LogP contribution is -2.46. The Kier molecular flexibility index (Phi) is 5.93. The Hall–Kier alpha value is -2.54. The summed E-state index contributed by atoms with van der Waals surface area (Å²) >= 11 is 5.82. The fourth-order valence-electron chi connectivity index (χ4n) is 3.19. The molecule has 28 heavy (non-hydrogen) atoms. The number of likely N-dealkylation sites (tertiary alicyclic amines) is 1. The standard InChI is InChI=1S/C20H18ClF3N2O2/c21-14-7-5-13(6-8-14)19(28)26-11-9-15(10-12-26)25-18(27)16-3-1-2-4-17(16)20(22,23)24/h1-8,15H,9-12H2,(H,25,27). The van der Waals surface area contributed by atoms with Crippen molar-refractivity contribution in [1.29, 1.82) is 0 Å². The van der Waals surface area contributed by atoms with Crippen LogP contribution in [0.1, 0.15) is 39.1 Å². The van der Waals surface area contributed by atoms with Crippen LogP contribution in [-0.4, -0.2) is 35.8 Å². The second-order valence-electron chi connectivity index (χ2n) is 6.59. The van der Waals surface area contributed by atoms with E-state index in [0.717, 1.165) is 12.1 Å². The van der Waals surface area contributed by atoms with Crippen molar-refractivity contribution in [3.05, 3.63) is 70.2 Å². The van der Waals surface area contributed by atoms with Crippen LogP contribution >= 0.6 is 11.6 Å². The molecule has 1 fully saturated rings. The van der Waals surface area contributed by atoms with Crippen molar-refractivity contribution in [2.24, 2.45) is 0 Å². The van der Waals surface area contributed by atoms with Crippen molar-refractivity contribution < 1.29 is 22.8 Å². The van der Waals surface area contributed by atoms with Crippen LogP contribution in [0.25, 0.3) is 0 Å². The summed E-state index contributed by atoms with van der Waals surface area (Å²) in [7, 11) is 0. The largest absolute Gasteiger partial charge is 0.417 e. The lowest BCUT2D eigenvalue weighted by atomic mass is 10.0. The lowest BCUT2D eigenvalue weighted by Gasteiger charge is -2.32. The smallest absolute Gasteiger partial charge is 0.349 e. The van der Waals surface area contributed by atoms with Crippen LogP contribution in [0.15, 0.2) is 48.5 Å². The molecule has 0 bridgehead atoms. The first-order chi connectivity index (χ1) is 13.3. The van der Waals surface area contributed by atoms with Gasteiger partial charge in [0.25, 0.3) is 11.8 Å². The van der Waals surface area contributed by atoms with E-state index in [0.29, 0.717) is 36.5 Å². The van der Waals surface area contributed by atoms with Gasteiger partial charge < -0.3 is 10.2 Å². The molecule has 148 valence electrons. The van der Waals surface area contributed by atoms with Gasteiger partial charge in [0.1, 0.15) is 0 Å². The van der Waals surface area contributed by atoms with E-state index in [9.17, 15) is 22.8 Å². The van der Waals surface area contributed by atoms with E-state index >= 15 is 0 Å². The first-order valence-corrected chi connectivity index (χ1v) is 9.15. The highest BCUT2D eigenvalue weighted by Gasteiger charge is 2.35. The molecule has 0 radical (unpaired) electrons. The molecule has 3 rings (SSSR count). The minimum absolute atomic E-state index is 0.135. The summed E-state index contributed by atoms with van der Waals surface area (Å²) in [6.45, 7) is 0.820. The predicted octanol–water partition coefficient (Wildman–Crippen LogP) is 4.39. The first kappa shape index (κ1) is 20.2. The Balaban J connectivity index is 1.60. The third kappa shape index (κ3) is 4.65. The molecule has 0 unspecified atom stereocenters. The zero-order valence-corrected chi connectivity index (χ0v) is 15.6. The van der Waals surface area contributed by atoms with Gasteiger partial charge in [-0.1, -0.05) is 23.7 Å². The number of hydrogen-bond acceptors (Lipinski definition) is 2. The second-order valence-corrected chi connectivity index (χ2v) is 7.03. The molecule has 1 aliphatic rings. The molecule has 0 aromatic heterocycles. The van der Waals surface area contributed by atoms with Gasteiger partial charge in [-0.3, -0.25) is 9.59 Å². The van der Waals surface area contributed by atoms with Crippen LogP contribution in [0, 0.1) is 0 Å². The van der Waals surface area contributed by atoms with Crippen LogP contribution in [0.2, 0.25) is 5.02 Å². The molecular formula is C20H18ClF3N2O2. The maximum absolute atomic E-state index is 13.1. The molecule has 8 heteroatoms. The number of alkyl halides is 3. The van der Waals surface area contributed by atoms with Gasteiger partial charge in [0.2, 0.25) is 0 Å². The summed E-state index contributed by atoms with van der Waals surface area (Å²) in [6.07, 6.45) is -3.65. The van der Waals surface area contributed by atoms with Crippen molar-refractivity contribution in [2.75, 3.05) is 13.1 Å². The quantitative estimate of drug-likeness (QED) is 0.815. The Bertz CT molecular complexity index is 860. The van der Waals surface area contributed by atoms with E-state index in [-0.39, 0.29) is 11.9 Å². The fourth-order valence-corrected chi connectivity index (χ4v) is 3.32. The molecule has 2 aromatic rings. The number of carbonyl (C=O) groups is 2. The summed E-state index contributed by atoms with van der Waals surface area (Å²) in [4.78, 5) is 26.5. The molecule has 0 atom stereocenters. The van der Waals surface area contributed by atoms with Crippen LogP contribution in [-0.2, 0) is 6.18 Å². The molecule has 2 aromatic carbocycles. The fraction of sp³-hybridized carbons (Fsp3) is 0.300. The molecule has 1 saturated heterocycles. The normalized spacial score (nSPS) is 15.4. The van der Waals surface area contributed by atoms with Crippen LogP contribution in [0.5, 0.6) is 0 Å². The van der Waals surface area contributed by atoms with Crippen LogP contribution < -0.4 is 5.32 Å². The van der Waals surface area contributed by atoms with Crippen molar-refractivity contribution in [3.63, 3.8) is 0 Å². The molecule has 2 amide bonds.